The van der Waals surface area contributed by atoms with Crippen LogP contribution in [0.4, 0.5) is 5.69 Å². The van der Waals surface area contributed by atoms with E-state index in [0.29, 0.717) is 16.3 Å². The summed E-state index contributed by atoms with van der Waals surface area (Å²) < 4.78 is 5.66. The second kappa shape index (κ2) is 6.59. The van der Waals surface area contributed by atoms with E-state index in [2.05, 4.69) is 0 Å². The number of para-hydroxylation sites is 1. The van der Waals surface area contributed by atoms with E-state index < -0.39 is 11.6 Å². The van der Waals surface area contributed by atoms with E-state index in [1.54, 1.807) is 47.4 Å². The molecule has 148 valence electrons. The molecule has 2 aromatic rings. The molecule has 29 heavy (non-hydrogen) atoms. The van der Waals surface area contributed by atoms with Crippen molar-refractivity contribution in [3.63, 3.8) is 0 Å². The summed E-state index contributed by atoms with van der Waals surface area (Å²) in [5.74, 6) is -0.956. The van der Waals surface area contributed by atoms with E-state index in [9.17, 15) is 14.4 Å². The zero-order valence-electron chi connectivity index (χ0n) is 15.6. The number of fused-ring (bicyclic) bond motifs is 3. The molecule has 2 heterocycles. The van der Waals surface area contributed by atoms with Crippen LogP contribution in [0.1, 0.15) is 41.6 Å². The minimum absolute atomic E-state index is 0.0253. The van der Waals surface area contributed by atoms with E-state index >= 15 is 0 Å². The van der Waals surface area contributed by atoms with Gasteiger partial charge in [0.05, 0.1) is 11.3 Å². The average Bonchev–Trinajstić information content (AvgIpc) is 3.49. The highest BCUT2D eigenvalue weighted by Gasteiger charge is 2.64. The van der Waals surface area contributed by atoms with Gasteiger partial charge in [-0.15, -0.1) is 0 Å². The van der Waals surface area contributed by atoms with Crippen LogP contribution >= 0.6 is 11.6 Å². The van der Waals surface area contributed by atoms with Crippen LogP contribution in [0.25, 0.3) is 0 Å². The quantitative estimate of drug-likeness (QED) is 0.723. The summed E-state index contributed by atoms with van der Waals surface area (Å²) >= 11 is 6.02. The van der Waals surface area contributed by atoms with Crippen LogP contribution in [0.2, 0.25) is 5.02 Å². The van der Waals surface area contributed by atoms with E-state index in [4.69, 9.17) is 16.3 Å². The van der Waals surface area contributed by atoms with Crippen molar-refractivity contribution in [2.24, 2.45) is 0 Å². The molecule has 1 aliphatic carbocycles. The Morgan fingerprint density at radius 3 is 2.69 bits per heavy atom. The largest absolute Gasteiger partial charge is 0.458 e. The zero-order chi connectivity index (χ0) is 20.2. The van der Waals surface area contributed by atoms with Crippen molar-refractivity contribution in [2.75, 3.05) is 4.90 Å². The first-order valence-corrected chi connectivity index (χ1v) is 10.1. The number of ether oxygens (including phenoxy) is 1. The first-order chi connectivity index (χ1) is 14.0. The molecular weight excluding hydrogens is 392 g/mol. The molecule has 1 atom stereocenters. The van der Waals surface area contributed by atoms with Gasteiger partial charge in [0, 0.05) is 23.9 Å². The van der Waals surface area contributed by atoms with Crippen molar-refractivity contribution in [3.05, 3.63) is 64.7 Å². The zero-order valence-corrected chi connectivity index (χ0v) is 16.4. The summed E-state index contributed by atoms with van der Waals surface area (Å²) in [6, 6.07) is 14.0. The fourth-order valence-corrected chi connectivity index (χ4v) is 4.62. The molecule has 0 spiro atoms. The average molecular weight is 411 g/mol. The van der Waals surface area contributed by atoms with Crippen molar-refractivity contribution >= 4 is 35.1 Å². The van der Waals surface area contributed by atoms with Gasteiger partial charge in [0.25, 0.3) is 5.91 Å². The molecule has 2 aliphatic heterocycles. The Labute approximate surface area is 173 Å². The number of hydrogen-bond acceptors (Lipinski definition) is 4. The lowest BCUT2D eigenvalue weighted by molar-refractivity contribution is -0.159. The van der Waals surface area contributed by atoms with E-state index in [1.807, 2.05) is 6.07 Å². The molecule has 1 saturated carbocycles. The monoisotopic (exact) mass is 410 g/mol. The van der Waals surface area contributed by atoms with Gasteiger partial charge < -0.3 is 9.64 Å². The highest BCUT2D eigenvalue weighted by Crippen LogP contribution is 2.49. The summed E-state index contributed by atoms with van der Waals surface area (Å²) in [6.45, 7) is 0.0253. The predicted octanol–water partition coefficient (Wildman–Crippen LogP) is 3.52. The van der Waals surface area contributed by atoms with Crippen molar-refractivity contribution in [1.82, 2.24) is 4.90 Å². The van der Waals surface area contributed by atoms with Gasteiger partial charge >= 0.3 is 5.97 Å². The van der Waals surface area contributed by atoms with Crippen molar-refractivity contribution in [3.8, 4) is 0 Å². The topological polar surface area (TPSA) is 66.9 Å². The van der Waals surface area contributed by atoms with Gasteiger partial charge in [-0.25, -0.2) is 4.79 Å². The van der Waals surface area contributed by atoms with Gasteiger partial charge in [-0.3, -0.25) is 14.5 Å². The lowest BCUT2D eigenvalue weighted by Crippen LogP contribution is -2.69. The normalized spacial score (nSPS) is 23.1. The number of nitrogens with zero attached hydrogens (tertiary/aromatic N) is 2. The summed E-state index contributed by atoms with van der Waals surface area (Å²) in [5, 5.41) is 0.552. The van der Waals surface area contributed by atoms with E-state index in [-0.39, 0.29) is 37.3 Å². The van der Waals surface area contributed by atoms with Gasteiger partial charge in [0.1, 0.15) is 6.61 Å². The predicted molar refractivity (Wildman–Crippen MR) is 106 cm³/mol. The molecular formula is C22H19ClN2O4. The van der Waals surface area contributed by atoms with Gasteiger partial charge in [-0.2, -0.15) is 0 Å². The maximum absolute atomic E-state index is 13.5. The molecule has 1 saturated heterocycles. The number of rotatable bonds is 4. The van der Waals surface area contributed by atoms with E-state index in [1.165, 1.54) is 4.90 Å². The van der Waals surface area contributed by atoms with Crippen LogP contribution in [0.15, 0.2) is 48.5 Å². The number of halogens is 1. The Balaban J connectivity index is 1.55. The standard InChI is InChI=1S/C22H19ClN2O4/c23-15-5-3-4-14(12-15)13-29-21(28)22-11-10-19(26)25(22)18-7-2-1-6-17(18)20(27)24(22)16-8-9-16/h1-7,12,16H,8-11,13H2/t22-/m0/s1. The van der Waals surface area contributed by atoms with E-state index in [0.717, 1.165) is 18.4 Å². The van der Waals surface area contributed by atoms with Crippen LogP contribution in [0.3, 0.4) is 0 Å². The number of carbonyl (C=O) groups excluding carboxylic acids is 3. The summed E-state index contributed by atoms with van der Waals surface area (Å²) in [6.07, 6.45) is 2.06. The number of esters is 1. The number of carbonyl (C=O) groups is 3. The fraction of sp³-hybridized carbons (Fsp3) is 0.318. The Morgan fingerprint density at radius 1 is 1.14 bits per heavy atom. The molecule has 7 heteroatoms. The molecule has 0 radical (unpaired) electrons. The molecule has 2 aromatic carbocycles. The maximum atomic E-state index is 13.5. The third kappa shape index (κ3) is 2.74. The highest BCUT2D eigenvalue weighted by atomic mass is 35.5. The molecule has 6 nitrogen and oxygen atoms in total. The highest BCUT2D eigenvalue weighted by molar-refractivity contribution is 6.30. The smallest absolute Gasteiger partial charge is 0.354 e. The Hall–Kier alpha value is -2.86. The van der Waals surface area contributed by atoms with Crippen molar-refractivity contribution in [1.29, 1.82) is 0 Å². The van der Waals surface area contributed by atoms with Crippen LogP contribution < -0.4 is 4.90 Å². The lowest BCUT2D eigenvalue weighted by Gasteiger charge is -2.48. The van der Waals surface area contributed by atoms with Crippen LogP contribution in [-0.4, -0.2) is 34.4 Å². The van der Waals surface area contributed by atoms with Crippen molar-refractivity contribution in [2.45, 2.75) is 44.0 Å². The summed E-state index contributed by atoms with van der Waals surface area (Å²) in [4.78, 5) is 42.7. The number of hydrogen-bond donors (Lipinski definition) is 0. The number of benzene rings is 2. The molecule has 5 rings (SSSR count). The third-order valence-corrected chi connectivity index (χ3v) is 6.03. The Bertz CT molecular complexity index is 1030. The fourth-order valence-electron chi connectivity index (χ4n) is 4.40. The summed E-state index contributed by atoms with van der Waals surface area (Å²) in [7, 11) is 0. The van der Waals surface area contributed by atoms with Crippen LogP contribution in [0.5, 0.6) is 0 Å². The SMILES string of the molecule is O=C1CC[C@@]2(C(=O)OCc3cccc(Cl)c3)N1c1ccccc1C(=O)N2C1CC1. The van der Waals surface area contributed by atoms with Crippen LogP contribution in [-0.2, 0) is 20.9 Å². The minimum atomic E-state index is -1.41. The number of anilines is 1. The molecule has 0 unspecified atom stereocenters. The first-order valence-electron chi connectivity index (χ1n) is 9.70. The van der Waals surface area contributed by atoms with Gasteiger partial charge in [-0.05, 0) is 42.7 Å². The maximum Gasteiger partial charge on any atom is 0.354 e. The molecule has 2 fully saturated rings. The van der Waals surface area contributed by atoms with Gasteiger partial charge in [-0.1, -0.05) is 35.9 Å². The van der Waals surface area contributed by atoms with Crippen molar-refractivity contribution < 1.29 is 19.1 Å². The Morgan fingerprint density at radius 2 is 1.93 bits per heavy atom. The molecule has 0 N–H and O–H groups in total. The lowest BCUT2D eigenvalue weighted by atomic mass is 9.96. The third-order valence-electron chi connectivity index (χ3n) is 5.80. The second-order valence-corrected chi connectivity index (χ2v) is 8.11. The number of amides is 2. The van der Waals surface area contributed by atoms with Gasteiger partial charge in [0.2, 0.25) is 11.6 Å². The second-order valence-electron chi connectivity index (χ2n) is 7.68. The first kappa shape index (κ1) is 18.2. The van der Waals surface area contributed by atoms with Crippen LogP contribution in [0, 0.1) is 0 Å². The Kier molecular flexibility index (Phi) is 4.13. The molecule has 2 amide bonds. The summed E-state index contributed by atoms with van der Waals surface area (Å²) in [5.41, 5.74) is 0.269. The molecule has 0 bridgehead atoms. The molecule has 3 aliphatic rings. The van der Waals surface area contributed by atoms with Gasteiger partial charge in [0.15, 0.2) is 0 Å². The molecule has 0 aromatic heterocycles. The minimum Gasteiger partial charge on any atom is -0.458 e.